The van der Waals surface area contributed by atoms with Crippen LogP contribution in [-0.4, -0.2) is 10.9 Å². The zero-order valence-corrected chi connectivity index (χ0v) is 7.34. The zero-order valence-electron chi connectivity index (χ0n) is 4.81. The second kappa shape index (κ2) is 7.30. The molecule has 4 heteroatoms. The number of amidine groups is 1. The van der Waals surface area contributed by atoms with Crippen LogP contribution in [0.2, 0.25) is 0 Å². The second-order valence-corrected chi connectivity index (χ2v) is 2.35. The third kappa shape index (κ3) is 9.57. The molecule has 0 rings (SSSR count). The van der Waals surface area contributed by atoms with E-state index in [0.717, 1.165) is 12.2 Å². The van der Waals surface area contributed by atoms with Gasteiger partial charge < -0.3 is 5.73 Å². The summed E-state index contributed by atoms with van der Waals surface area (Å²) < 4.78 is 0. The van der Waals surface area contributed by atoms with E-state index in [2.05, 4.69) is 6.92 Å². The van der Waals surface area contributed by atoms with E-state index in [0.29, 0.717) is 0 Å². The molecular formula is C4H11BrN2S. The Morgan fingerprint density at radius 1 is 1.75 bits per heavy atom. The molecule has 0 saturated carbocycles. The van der Waals surface area contributed by atoms with Crippen LogP contribution >= 0.6 is 28.7 Å². The van der Waals surface area contributed by atoms with Gasteiger partial charge in [-0.2, -0.15) is 0 Å². The molecule has 0 bridgehead atoms. The summed E-state index contributed by atoms with van der Waals surface area (Å²) in [5.41, 5.74) is 5.02. The smallest absolute Gasteiger partial charge is 0.151 e. The largest absolute Gasteiger partial charge is 0.379 e. The molecule has 0 aliphatic rings. The molecule has 50 valence electrons. The van der Waals surface area contributed by atoms with Crippen LogP contribution in [0.4, 0.5) is 0 Å². The average Bonchev–Trinajstić information content (AvgIpc) is 1.61. The Morgan fingerprint density at radius 2 is 2.25 bits per heavy atom. The van der Waals surface area contributed by atoms with E-state index < -0.39 is 0 Å². The minimum absolute atomic E-state index is 0. The first-order chi connectivity index (χ1) is 3.27. The molecule has 0 aliphatic carbocycles. The molecule has 2 nitrogen and oxygen atoms in total. The average molecular weight is 199 g/mol. The predicted octanol–water partition coefficient (Wildman–Crippen LogP) is 1.60. The third-order valence-corrected chi connectivity index (χ3v) is 1.39. The highest BCUT2D eigenvalue weighted by atomic mass is 79.9. The topological polar surface area (TPSA) is 49.9 Å². The maximum Gasteiger partial charge on any atom is 0.151 e. The molecule has 0 aromatic carbocycles. The van der Waals surface area contributed by atoms with Gasteiger partial charge in [-0.15, -0.1) is 17.0 Å². The molecule has 0 aliphatic heterocycles. The fourth-order valence-corrected chi connectivity index (χ4v) is 0.636. The molecule has 3 N–H and O–H groups in total. The maximum absolute atomic E-state index is 6.74. The first-order valence-corrected chi connectivity index (χ1v) is 3.22. The maximum atomic E-state index is 6.74. The molecule has 8 heavy (non-hydrogen) atoms. The summed E-state index contributed by atoms with van der Waals surface area (Å²) in [5, 5.41) is 6.96. The highest BCUT2D eigenvalue weighted by Crippen LogP contribution is 1.97. The van der Waals surface area contributed by atoms with Crippen LogP contribution in [0, 0.1) is 5.41 Å². The van der Waals surface area contributed by atoms with Crippen molar-refractivity contribution in [3.8, 4) is 0 Å². The van der Waals surface area contributed by atoms with Crippen molar-refractivity contribution in [2.75, 3.05) is 5.75 Å². The van der Waals surface area contributed by atoms with Crippen molar-refractivity contribution in [1.82, 2.24) is 0 Å². The molecule has 0 saturated heterocycles. The lowest BCUT2D eigenvalue weighted by Gasteiger charge is -1.90. The summed E-state index contributed by atoms with van der Waals surface area (Å²) in [4.78, 5) is 0. The number of nitrogens with two attached hydrogens (primary N) is 1. The quantitative estimate of drug-likeness (QED) is 0.524. The predicted molar refractivity (Wildman–Crippen MR) is 45.0 cm³/mol. The summed E-state index contributed by atoms with van der Waals surface area (Å²) in [6, 6.07) is 0. The van der Waals surface area contributed by atoms with Crippen LogP contribution in [0.15, 0.2) is 0 Å². The van der Waals surface area contributed by atoms with E-state index in [4.69, 9.17) is 11.1 Å². The molecule has 0 amide bonds. The van der Waals surface area contributed by atoms with E-state index in [1.165, 1.54) is 11.8 Å². The van der Waals surface area contributed by atoms with Gasteiger partial charge in [-0.1, -0.05) is 18.7 Å². The van der Waals surface area contributed by atoms with Gasteiger partial charge in [-0.05, 0) is 6.42 Å². The van der Waals surface area contributed by atoms with E-state index in [1.807, 2.05) is 0 Å². The monoisotopic (exact) mass is 198 g/mol. The SMILES string of the molecule is Br.CCCSC(=N)N. The van der Waals surface area contributed by atoms with Crippen molar-refractivity contribution >= 4 is 33.9 Å². The Labute approximate surface area is 64.5 Å². The fraction of sp³-hybridized carbons (Fsp3) is 0.750. The van der Waals surface area contributed by atoms with Crippen LogP contribution in [0.3, 0.4) is 0 Å². The van der Waals surface area contributed by atoms with Gasteiger partial charge in [-0.25, -0.2) is 0 Å². The highest BCUT2D eigenvalue weighted by molar-refractivity contribution is 8.93. The van der Waals surface area contributed by atoms with Gasteiger partial charge in [0.2, 0.25) is 0 Å². The lowest BCUT2D eigenvalue weighted by Crippen LogP contribution is -2.03. The number of rotatable bonds is 2. The van der Waals surface area contributed by atoms with Crippen LogP contribution in [-0.2, 0) is 0 Å². The van der Waals surface area contributed by atoms with Crippen LogP contribution < -0.4 is 5.73 Å². The van der Waals surface area contributed by atoms with E-state index in [-0.39, 0.29) is 22.1 Å². The van der Waals surface area contributed by atoms with Crippen LogP contribution in [0.1, 0.15) is 13.3 Å². The molecule has 0 heterocycles. The second-order valence-electron chi connectivity index (χ2n) is 1.21. The normalized spacial score (nSPS) is 7.62. The van der Waals surface area contributed by atoms with Crippen LogP contribution in [0.5, 0.6) is 0 Å². The van der Waals surface area contributed by atoms with Crippen molar-refractivity contribution in [2.45, 2.75) is 13.3 Å². The lowest BCUT2D eigenvalue weighted by molar-refractivity contribution is 1.11. The number of hydrogen-bond acceptors (Lipinski definition) is 2. The Morgan fingerprint density at radius 3 is 2.38 bits per heavy atom. The molecule has 0 fully saturated rings. The number of nitrogens with one attached hydrogen (secondary N) is 1. The van der Waals surface area contributed by atoms with Crippen molar-refractivity contribution in [2.24, 2.45) is 5.73 Å². The van der Waals surface area contributed by atoms with Crippen LogP contribution in [0.25, 0.3) is 0 Å². The minimum atomic E-state index is 0. The van der Waals surface area contributed by atoms with Gasteiger partial charge in [0.1, 0.15) is 0 Å². The van der Waals surface area contributed by atoms with Gasteiger partial charge in [0.25, 0.3) is 0 Å². The van der Waals surface area contributed by atoms with Gasteiger partial charge in [0.05, 0.1) is 0 Å². The molecular weight excluding hydrogens is 188 g/mol. The molecule has 0 atom stereocenters. The summed E-state index contributed by atoms with van der Waals surface area (Å²) in [6.45, 7) is 2.07. The van der Waals surface area contributed by atoms with E-state index in [1.54, 1.807) is 0 Å². The summed E-state index contributed by atoms with van der Waals surface area (Å²) in [6.07, 6.45) is 1.09. The van der Waals surface area contributed by atoms with E-state index in [9.17, 15) is 0 Å². The molecule has 0 spiro atoms. The standard InChI is InChI=1S/C4H10N2S.BrH/c1-2-3-7-4(5)6;/h2-3H2,1H3,(H3,5,6);1H. The Hall–Kier alpha value is 0.300. The first-order valence-electron chi connectivity index (χ1n) is 2.24. The Bertz CT molecular complexity index is 67.1. The number of thioether (sulfide) groups is 1. The number of hydrogen-bond donors (Lipinski definition) is 2. The zero-order chi connectivity index (χ0) is 5.70. The van der Waals surface area contributed by atoms with Crippen molar-refractivity contribution in [3.63, 3.8) is 0 Å². The van der Waals surface area contributed by atoms with Crippen molar-refractivity contribution < 1.29 is 0 Å². The summed E-state index contributed by atoms with van der Waals surface area (Å²) in [5.74, 6) is 0.968. The Kier molecular flexibility index (Phi) is 10.2. The molecule has 0 radical (unpaired) electrons. The third-order valence-electron chi connectivity index (χ3n) is 0.462. The molecule has 0 aromatic heterocycles. The first kappa shape index (κ1) is 11.1. The molecule has 0 aromatic rings. The minimum Gasteiger partial charge on any atom is -0.379 e. The fourth-order valence-electron chi connectivity index (χ4n) is 0.212. The van der Waals surface area contributed by atoms with Gasteiger partial charge in [0.15, 0.2) is 5.17 Å². The Balaban J connectivity index is 0. The number of halogens is 1. The highest BCUT2D eigenvalue weighted by Gasteiger charge is 1.84. The van der Waals surface area contributed by atoms with Gasteiger partial charge in [-0.3, -0.25) is 5.41 Å². The summed E-state index contributed by atoms with van der Waals surface area (Å²) in [7, 11) is 0. The van der Waals surface area contributed by atoms with Crippen molar-refractivity contribution in [3.05, 3.63) is 0 Å². The van der Waals surface area contributed by atoms with Gasteiger partial charge >= 0.3 is 0 Å². The lowest BCUT2D eigenvalue weighted by atomic mass is 10.6. The van der Waals surface area contributed by atoms with Crippen molar-refractivity contribution in [1.29, 1.82) is 5.41 Å². The molecule has 0 unspecified atom stereocenters. The van der Waals surface area contributed by atoms with E-state index >= 15 is 0 Å². The van der Waals surface area contributed by atoms with Gasteiger partial charge in [0, 0.05) is 5.75 Å². The summed E-state index contributed by atoms with van der Waals surface area (Å²) >= 11 is 1.39.